The number of amides is 2. The fraction of sp³-hybridized carbons (Fsp3) is 0.143. The Morgan fingerprint density at radius 3 is 2.37 bits per heavy atom. The Morgan fingerprint density at radius 1 is 1.04 bits per heavy atom. The van der Waals surface area contributed by atoms with Crippen molar-refractivity contribution in [1.29, 1.82) is 0 Å². The van der Waals surface area contributed by atoms with Gasteiger partial charge in [-0.15, -0.1) is 0 Å². The molecule has 0 spiro atoms. The van der Waals surface area contributed by atoms with E-state index in [1.165, 1.54) is 13.2 Å². The van der Waals surface area contributed by atoms with Crippen LogP contribution in [-0.4, -0.2) is 19.1 Å². The number of fused-ring (bicyclic) bond motifs is 1. The number of nitrogens with one attached hydrogen (secondary N) is 2. The average Bonchev–Trinajstić information content (AvgIpc) is 3.05. The second-order valence-corrected chi connectivity index (χ2v) is 5.81. The Balaban J connectivity index is 1.70. The van der Waals surface area contributed by atoms with Crippen LogP contribution >= 0.6 is 0 Å². The number of benzene rings is 2. The highest BCUT2D eigenvalue weighted by Crippen LogP contribution is 2.27. The number of hydrogen-bond donors (Lipinski definition) is 2. The van der Waals surface area contributed by atoms with Gasteiger partial charge in [-0.1, -0.05) is 25.1 Å². The van der Waals surface area contributed by atoms with Crippen LogP contribution in [0.2, 0.25) is 0 Å². The lowest BCUT2D eigenvalue weighted by Crippen LogP contribution is -2.11. The van der Waals surface area contributed by atoms with Crippen molar-refractivity contribution in [2.24, 2.45) is 0 Å². The van der Waals surface area contributed by atoms with Crippen molar-refractivity contribution in [3.63, 3.8) is 0 Å². The fourth-order valence-electron chi connectivity index (χ4n) is 2.71. The van der Waals surface area contributed by atoms with Gasteiger partial charge in [0.15, 0.2) is 0 Å². The molecule has 6 nitrogen and oxygen atoms in total. The van der Waals surface area contributed by atoms with E-state index in [9.17, 15) is 9.59 Å². The summed E-state index contributed by atoms with van der Waals surface area (Å²) in [4.78, 5) is 23.4. The minimum atomic E-state index is -0.547. The zero-order valence-corrected chi connectivity index (χ0v) is 15.1. The maximum absolute atomic E-state index is 12.2. The molecular weight excluding hydrogens is 344 g/mol. The molecule has 27 heavy (non-hydrogen) atoms. The van der Waals surface area contributed by atoms with Crippen molar-refractivity contribution in [1.82, 2.24) is 0 Å². The molecular formula is C21H20N2O4. The van der Waals surface area contributed by atoms with Crippen LogP contribution in [-0.2, 0) is 16.0 Å². The summed E-state index contributed by atoms with van der Waals surface area (Å²) in [5.74, 6) is 0.592. The van der Waals surface area contributed by atoms with Crippen molar-refractivity contribution in [2.45, 2.75) is 13.3 Å². The van der Waals surface area contributed by atoms with Crippen LogP contribution in [0.3, 0.4) is 0 Å². The van der Waals surface area contributed by atoms with Gasteiger partial charge in [-0.25, -0.2) is 4.79 Å². The predicted molar refractivity (Wildman–Crippen MR) is 106 cm³/mol. The second kappa shape index (κ2) is 8.23. The van der Waals surface area contributed by atoms with Gasteiger partial charge in [-0.2, -0.15) is 0 Å². The van der Waals surface area contributed by atoms with Gasteiger partial charge >= 0.3 is 6.09 Å². The van der Waals surface area contributed by atoms with E-state index in [0.717, 1.165) is 28.7 Å². The highest BCUT2D eigenvalue weighted by atomic mass is 16.5. The van der Waals surface area contributed by atoms with Gasteiger partial charge in [0.25, 0.3) is 0 Å². The average molecular weight is 364 g/mol. The molecule has 0 saturated heterocycles. The SMILES string of the molecule is CCc1oc2ccccc2c1/C=C/C(=O)Nc1ccc(NC(=O)OC)cc1. The fourth-order valence-corrected chi connectivity index (χ4v) is 2.71. The molecule has 0 atom stereocenters. The molecule has 0 saturated carbocycles. The normalized spacial score (nSPS) is 10.9. The third-order valence-corrected chi connectivity index (χ3v) is 4.02. The quantitative estimate of drug-likeness (QED) is 0.636. The first-order chi connectivity index (χ1) is 13.1. The zero-order chi connectivity index (χ0) is 19.2. The maximum atomic E-state index is 12.2. The first-order valence-corrected chi connectivity index (χ1v) is 8.55. The molecule has 0 aliphatic rings. The molecule has 0 unspecified atom stereocenters. The maximum Gasteiger partial charge on any atom is 0.411 e. The molecule has 138 valence electrons. The number of furan rings is 1. The van der Waals surface area contributed by atoms with Gasteiger partial charge in [0.1, 0.15) is 11.3 Å². The lowest BCUT2D eigenvalue weighted by molar-refractivity contribution is -0.111. The lowest BCUT2D eigenvalue weighted by Gasteiger charge is -2.05. The van der Waals surface area contributed by atoms with E-state index >= 15 is 0 Å². The summed E-state index contributed by atoms with van der Waals surface area (Å²) in [6.45, 7) is 2.01. The highest BCUT2D eigenvalue weighted by molar-refractivity contribution is 6.03. The molecule has 0 fully saturated rings. The summed E-state index contributed by atoms with van der Waals surface area (Å²) in [5, 5.41) is 6.31. The van der Waals surface area contributed by atoms with E-state index in [-0.39, 0.29) is 5.91 Å². The molecule has 2 N–H and O–H groups in total. The van der Waals surface area contributed by atoms with Crippen molar-refractivity contribution >= 4 is 40.4 Å². The van der Waals surface area contributed by atoms with Crippen molar-refractivity contribution < 1.29 is 18.7 Å². The van der Waals surface area contributed by atoms with Crippen LogP contribution in [0.1, 0.15) is 18.2 Å². The minimum Gasteiger partial charge on any atom is -0.460 e. The molecule has 0 radical (unpaired) electrons. The lowest BCUT2D eigenvalue weighted by atomic mass is 10.1. The Hall–Kier alpha value is -3.54. The first kappa shape index (κ1) is 18.3. The molecule has 0 bridgehead atoms. The Labute approximate surface area is 156 Å². The smallest absolute Gasteiger partial charge is 0.411 e. The van der Waals surface area contributed by atoms with E-state index in [0.29, 0.717) is 11.4 Å². The van der Waals surface area contributed by atoms with E-state index < -0.39 is 6.09 Å². The van der Waals surface area contributed by atoms with Gasteiger partial charge in [0, 0.05) is 34.8 Å². The number of aryl methyl sites for hydroxylation is 1. The number of ether oxygens (including phenoxy) is 1. The minimum absolute atomic E-state index is 0.254. The van der Waals surface area contributed by atoms with E-state index in [4.69, 9.17) is 4.42 Å². The van der Waals surface area contributed by atoms with E-state index in [1.807, 2.05) is 31.2 Å². The summed E-state index contributed by atoms with van der Waals surface area (Å²) in [5.41, 5.74) is 2.92. The second-order valence-electron chi connectivity index (χ2n) is 5.81. The molecule has 0 aliphatic carbocycles. The van der Waals surface area contributed by atoms with Gasteiger partial charge < -0.3 is 14.5 Å². The standard InChI is InChI=1S/C21H20N2O4/c1-3-18-17(16-6-4-5-7-19(16)27-18)12-13-20(24)22-14-8-10-15(11-9-14)23-21(25)26-2/h4-13H,3H2,1-2H3,(H,22,24)(H,23,25)/b13-12+. The first-order valence-electron chi connectivity index (χ1n) is 8.55. The molecule has 2 aromatic carbocycles. The Kier molecular flexibility index (Phi) is 5.56. The van der Waals surface area contributed by atoms with Gasteiger partial charge in [0.2, 0.25) is 5.91 Å². The molecule has 6 heteroatoms. The Bertz CT molecular complexity index is 987. The number of hydrogen-bond acceptors (Lipinski definition) is 4. The number of carbonyl (C=O) groups is 2. The molecule has 1 aromatic heterocycles. The Morgan fingerprint density at radius 2 is 1.70 bits per heavy atom. The van der Waals surface area contributed by atoms with Gasteiger partial charge in [0.05, 0.1) is 7.11 Å². The number of carbonyl (C=O) groups excluding carboxylic acids is 2. The number of para-hydroxylation sites is 1. The third-order valence-electron chi connectivity index (χ3n) is 4.02. The van der Waals surface area contributed by atoms with Crippen LogP contribution in [0.4, 0.5) is 16.2 Å². The molecule has 1 heterocycles. The highest BCUT2D eigenvalue weighted by Gasteiger charge is 2.10. The molecule has 3 rings (SSSR count). The number of anilines is 2. The summed E-state index contributed by atoms with van der Waals surface area (Å²) >= 11 is 0. The molecule has 0 aliphatic heterocycles. The van der Waals surface area contributed by atoms with Crippen molar-refractivity contribution in [3.05, 3.63) is 65.9 Å². The summed E-state index contributed by atoms with van der Waals surface area (Å²) in [6, 6.07) is 14.5. The number of methoxy groups -OCH3 is 1. The largest absolute Gasteiger partial charge is 0.460 e. The van der Waals surface area contributed by atoms with Crippen LogP contribution in [0.15, 0.2) is 59.0 Å². The molecule has 3 aromatic rings. The van der Waals surface area contributed by atoms with Crippen LogP contribution in [0, 0.1) is 0 Å². The van der Waals surface area contributed by atoms with Gasteiger partial charge in [-0.3, -0.25) is 10.1 Å². The predicted octanol–water partition coefficient (Wildman–Crippen LogP) is 4.83. The van der Waals surface area contributed by atoms with Crippen LogP contribution in [0.25, 0.3) is 17.0 Å². The topological polar surface area (TPSA) is 80.6 Å². The van der Waals surface area contributed by atoms with Crippen molar-refractivity contribution in [2.75, 3.05) is 17.7 Å². The van der Waals surface area contributed by atoms with Crippen LogP contribution in [0.5, 0.6) is 0 Å². The number of rotatable bonds is 5. The van der Waals surface area contributed by atoms with Gasteiger partial charge in [-0.05, 0) is 36.4 Å². The summed E-state index contributed by atoms with van der Waals surface area (Å²) in [6.07, 6.45) is 3.45. The third kappa shape index (κ3) is 4.36. The summed E-state index contributed by atoms with van der Waals surface area (Å²) in [7, 11) is 1.30. The van der Waals surface area contributed by atoms with Crippen LogP contribution < -0.4 is 10.6 Å². The zero-order valence-electron chi connectivity index (χ0n) is 15.1. The molecule has 2 amide bonds. The summed E-state index contributed by atoms with van der Waals surface area (Å²) < 4.78 is 10.4. The van der Waals surface area contributed by atoms with E-state index in [2.05, 4.69) is 15.4 Å². The van der Waals surface area contributed by atoms with E-state index in [1.54, 1.807) is 30.3 Å². The monoisotopic (exact) mass is 364 g/mol. The van der Waals surface area contributed by atoms with Crippen molar-refractivity contribution in [3.8, 4) is 0 Å².